The van der Waals surface area contributed by atoms with E-state index in [0.29, 0.717) is 42.3 Å². The van der Waals surface area contributed by atoms with Crippen molar-refractivity contribution in [2.75, 3.05) is 13.7 Å². The van der Waals surface area contributed by atoms with E-state index in [1.807, 2.05) is 13.0 Å². The fraction of sp³-hybridized carbons (Fsp3) is 0.440. The average Bonchev–Trinajstić information content (AvgIpc) is 3.42. The van der Waals surface area contributed by atoms with Gasteiger partial charge in [0.05, 0.1) is 44.1 Å². The van der Waals surface area contributed by atoms with Crippen molar-refractivity contribution in [3.8, 4) is 11.5 Å². The van der Waals surface area contributed by atoms with Crippen molar-refractivity contribution < 1.29 is 32.6 Å². The highest BCUT2D eigenvalue weighted by Gasteiger charge is 2.53. The highest BCUT2D eigenvalue weighted by atomic mass is 19.1. The fourth-order valence-corrected chi connectivity index (χ4v) is 5.07. The molecule has 1 amide bonds. The highest BCUT2D eigenvalue weighted by molar-refractivity contribution is 6.11. The third kappa shape index (κ3) is 3.67. The molecular formula is C25H26FNO6. The first kappa shape index (κ1) is 21.6. The van der Waals surface area contributed by atoms with E-state index >= 15 is 0 Å². The van der Waals surface area contributed by atoms with E-state index in [1.54, 1.807) is 29.2 Å². The molecule has 1 saturated carbocycles. The van der Waals surface area contributed by atoms with Crippen LogP contribution in [0.25, 0.3) is 0 Å². The summed E-state index contributed by atoms with van der Waals surface area (Å²) in [6, 6.07) is 8.17. The summed E-state index contributed by atoms with van der Waals surface area (Å²) < 4.78 is 36.9. The minimum absolute atomic E-state index is 0.0722. The van der Waals surface area contributed by atoms with Crippen molar-refractivity contribution in [3.63, 3.8) is 0 Å². The Morgan fingerprint density at radius 2 is 2.03 bits per heavy atom. The average molecular weight is 455 g/mol. The van der Waals surface area contributed by atoms with E-state index in [1.165, 1.54) is 13.4 Å². The maximum atomic E-state index is 14.2. The van der Waals surface area contributed by atoms with Crippen molar-refractivity contribution in [3.05, 3.63) is 59.3 Å². The topological polar surface area (TPSA) is 78.2 Å². The Balaban J connectivity index is 1.59. The van der Waals surface area contributed by atoms with E-state index < -0.39 is 24.2 Å². The van der Waals surface area contributed by atoms with Crippen LogP contribution < -0.4 is 9.47 Å². The Bertz CT molecular complexity index is 1090. The number of amides is 1. The van der Waals surface area contributed by atoms with Gasteiger partial charge in [-0.15, -0.1) is 0 Å². The number of hydrogen-bond donors (Lipinski definition) is 0. The number of fused-ring (bicyclic) bond motifs is 1. The van der Waals surface area contributed by atoms with Crippen molar-refractivity contribution in [2.45, 2.75) is 51.0 Å². The molecule has 174 valence electrons. The van der Waals surface area contributed by atoms with E-state index in [2.05, 4.69) is 0 Å². The molecule has 0 radical (unpaired) electrons. The van der Waals surface area contributed by atoms with Crippen LogP contribution >= 0.6 is 0 Å². The number of ketones is 1. The summed E-state index contributed by atoms with van der Waals surface area (Å²) in [4.78, 5) is 28.7. The standard InChI is InChI=1S/C25H26FNO6/c1-3-31-19-8-6-14(11-20(19)30-2)22-21-23(28)17-12-15(26)7-9-18(17)33-24(21)25(29)27(22)13-16-5-4-10-32-16/h4-6,8,10-11,15,17-18,22H,3,7,9,12-13H2,1-2H3. The molecule has 3 aliphatic rings. The van der Waals surface area contributed by atoms with Crippen LogP contribution in [0.1, 0.15) is 43.6 Å². The Morgan fingerprint density at radius 3 is 2.76 bits per heavy atom. The van der Waals surface area contributed by atoms with Crippen LogP contribution in [0.4, 0.5) is 4.39 Å². The van der Waals surface area contributed by atoms with E-state index in [-0.39, 0.29) is 36.0 Å². The monoisotopic (exact) mass is 455 g/mol. The van der Waals surface area contributed by atoms with Crippen LogP contribution in [-0.4, -0.2) is 42.6 Å². The van der Waals surface area contributed by atoms with Gasteiger partial charge in [0, 0.05) is 0 Å². The Hall–Kier alpha value is -3.29. The first-order valence-corrected chi connectivity index (χ1v) is 11.2. The zero-order valence-electron chi connectivity index (χ0n) is 18.6. The van der Waals surface area contributed by atoms with Gasteiger partial charge >= 0.3 is 0 Å². The third-order valence-corrected chi connectivity index (χ3v) is 6.59. The number of nitrogens with zero attached hydrogens (tertiary/aromatic N) is 1. The summed E-state index contributed by atoms with van der Waals surface area (Å²) in [5.41, 5.74) is 0.969. The molecule has 33 heavy (non-hydrogen) atoms. The van der Waals surface area contributed by atoms with Crippen LogP contribution in [0.5, 0.6) is 11.5 Å². The number of alkyl halides is 1. The third-order valence-electron chi connectivity index (χ3n) is 6.59. The SMILES string of the molecule is CCOc1ccc(C2C3=C(OC4CCC(F)CC4C3=O)C(=O)N2Cc2ccco2)cc1OC. The molecular weight excluding hydrogens is 429 g/mol. The van der Waals surface area contributed by atoms with Gasteiger partial charge in [0.25, 0.3) is 5.91 Å². The number of furan rings is 1. The summed E-state index contributed by atoms with van der Waals surface area (Å²) in [7, 11) is 1.54. The number of carbonyl (C=O) groups is 2. The van der Waals surface area contributed by atoms with E-state index in [9.17, 15) is 14.0 Å². The molecule has 2 aliphatic heterocycles. The minimum atomic E-state index is -1.04. The summed E-state index contributed by atoms with van der Waals surface area (Å²) in [5.74, 6) is 0.555. The number of benzene rings is 1. The number of methoxy groups -OCH3 is 1. The van der Waals surface area contributed by atoms with Gasteiger partial charge in [-0.05, 0) is 56.0 Å². The molecule has 4 atom stereocenters. The molecule has 0 spiro atoms. The smallest absolute Gasteiger partial charge is 0.290 e. The first-order valence-electron chi connectivity index (χ1n) is 11.2. The van der Waals surface area contributed by atoms with Crippen LogP contribution in [0.15, 0.2) is 52.3 Å². The largest absolute Gasteiger partial charge is 0.493 e. The summed E-state index contributed by atoms with van der Waals surface area (Å²) >= 11 is 0. The molecule has 8 heteroatoms. The first-order chi connectivity index (χ1) is 16.0. The molecule has 2 aromatic rings. The second-order valence-electron chi connectivity index (χ2n) is 8.54. The summed E-state index contributed by atoms with van der Waals surface area (Å²) in [6.07, 6.45) is 0.900. The zero-order chi connectivity index (χ0) is 23.1. The molecule has 0 bridgehead atoms. The van der Waals surface area contributed by atoms with Gasteiger partial charge in [0.2, 0.25) is 0 Å². The molecule has 1 aliphatic carbocycles. The molecule has 7 nitrogen and oxygen atoms in total. The summed E-state index contributed by atoms with van der Waals surface area (Å²) in [5, 5.41) is 0. The maximum absolute atomic E-state index is 14.2. The molecule has 1 aromatic heterocycles. The molecule has 1 fully saturated rings. The molecule has 4 unspecified atom stereocenters. The molecule has 1 aromatic carbocycles. The van der Waals surface area contributed by atoms with Crippen LogP contribution in [0.3, 0.4) is 0 Å². The Morgan fingerprint density at radius 1 is 1.18 bits per heavy atom. The van der Waals surface area contributed by atoms with Crippen molar-refractivity contribution >= 4 is 11.7 Å². The second-order valence-corrected chi connectivity index (χ2v) is 8.54. The molecule has 0 N–H and O–H groups in total. The minimum Gasteiger partial charge on any atom is -0.493 e. The maximum Gasteiger partial charge on any atom is 0.290 e. The van der Waals surface area contributed by atoms with Crippen molar-refractivity contribution in [2.24, 2.45) is 5.92 Å². The van der Waals surface area contributed by atoms with E-state index in [0.717, 1.165) is 0 Å². The predicted molar refractivity (Wildman–Crippen MR) is 115 cm³/mol. The van der Waals surface area contributed by atoms with Gasteiger partial charge in [-0.3, -0.25) is 9.59 Å². The van der Waals surface area contributed by atoms with Gasteiger partial charge in [0.1, 0.15) is 18.0 Å². The van der Waals surface area contributed by atoms with Crippen molar-refractivity contribution in [1.29, 1.82) is 0 Å². The van der Waals surface area contributed by atoms with Gasteiger partial charge in [0.15, 0.2) is 23.0 Å². The fourth-order valence-electron chi connectivity index (χ4n) is 5.07. The number of halogens is 1. The van der Waals surface area contributed by atoms with E-state index in [4.69, 9.17) is 18.6 Å². The second kappa shape index (κ2) is 8.57. The number of carbonyl (C=O) groups excluding carboxylic acids is 2. The zero-order valence-corrected chi connectivity index (χ0v) is 18.6. The van der Waals surface area contributed by atoms with Gasteiger partial charge in [-0.1, -0.05) is 6.07 Å². The molecule has 0 saturated heterocycles. The predicted octanol–water partition coefficient (Wildman–Crippen LogP) is 4.13. The Labute approximate surface area is 191 Å². The molecule has 5 rings (SSSR count). The molecule has 3 heterocycles. The van der Waals surface area contributed by atoms with Crippen LogP contribution in [0, 0.1) is 5.92 Å². The normalized spacial score (nSPS) is 26.7. The van der Waals surface area contributed by atoms with Crippen LogP contribution in [-0.2, 0) is 20.9 Å². The van der Waals surface area contributed by atoms with Gasteiger partial charge in [-0.25, -0.2) is 4.39 Å². The number of ether oxygens (including phenoxy) is 3. The number of hydrogen-bond acceptors (Lipinski definition) is 6. The highest BCUT2D eigenvalue weighted by Crippen LogP contribution is 2.48. The number of Topliss-reactive ketones (excluding diaryl/α,β-unsaturated/α-hetero) is 1. The summed E-state index contributed by atoms with van der Waals surface area (Å²) in [6.45, 7) is 2.51. The lowest BCUT2D eigenvalue weighted by Crippen LogP contribution is -2.42. The van der Waals surface area contributed by atoms with Gasteiger partial charge in [-0.2, -0.15) is 0 Å². The lowest BCUT2D eigenvalue weighted by Gasteiger charge is -2.36. The van der Waals surface area contributed by atoms with Crippen LogP contribution in [0.2, 0.25) is 0 Å². The lowest BCUT2D eigenvalue weighted by atomic mass is 9.77. The van der Waals surface area contributed by atoms with Gasteiger partial charge < -0.3 is 23.5 Å². The lowest BCUT2D eigenvalue weighted by molar-refractivity contribution is -0.136. The number of rotatable bonds is 6. The quantitative estimate of drug-likeness (QED) is 0.652. The Kier molecular flexibility index (Phi) is 5.60. The van der Waals surface area contributed by atoms with Crippen molar-refractivity contribution in [1.82, 2.24) is 4.90 Å².